The molecule has 2 aromatic carbocycles. The fourth-order valence-corrected chi connectivity index (χ4v) is 1.94. The van der Waals surface area contributed by atoms with Gasteiger partial charge in [-0.05, 0) is 42.8 Å². The first-order chi connectivity index (χ1) is 10.1. The van der Waals surface area contributed by atoms with Gasteiger partial charge in [-0.3, -0.25) is 0 Å². The van der Waals surface area contributed by atoms with Gasteiger partial charge in [-0.25, -0.2) is 13.6 Å². The molecule has 2 rings (SSSR count). The van der Waals surface area contributed by atoms with Crippen molar-refractivity contribution in [3.63, 3.8) is 0 Å². The molecule has 0 fully saturated rings. The lowest BCUT2D eigenvalue weighted by molar-refractivity contribution is -0.144. The number of rotatable bonds is 5. The lowest BCUT2D eigenvalue weighted by Crippen LogP contribution is -2.23. The Balaban J connectivity index is 2.30. The topological polar surface area (TPSA) is 38.3 Å². The zero-order valence-corrected chi connectivity index (χ0v) is 11.5. The van der Waals surface area contributed by atoms with Crippen molar-refractivity contribution in [2.45, 2.75) is 13.0 Å². The van der Waals surface area contributed by atoms with Crippen molar-refractivity contribution >= 4 is 11.7 Å². The number of anilines is 1. The molecule has 5 heteroatoms. The van der Waals surface area contributed by atoms with Crippen molar-refractivity contribution in [1.82, 2.24) is 0 Å². The highest BCUT2D eigenvalue weighted by molar-refractivity contribution is 5.81. The quantitative estimate of drug-likeness (QED) is 0.854. The van der Waals surface area contributed by atoms with E-state index in [2.05, 4.69) is 5.32 Å². The van der Waals surface area contributed by atoms with Crippen LogP contribution in [-0.2, 0) is 9.53 Å². The Morgan fingerprint density at radius 1 is 1.14 bits per heavy atom. The minimum Gasteiger partial charge on any atom is -0.464 e. The normalized spacial score (nSPS) is 11.8. The zero-order chi connectivity index (χ0) is 15.2. The number of carbonyl (C=O) groups is 1. The van der Waals surface area contributed by atoms with E-state index in [9.17, 15) is 13.6 Å². The molecular formula is C16H15F2NO2. The number of nitrogens with one attached hydrogen (secondary N) is 1. The second kappa shape index (κ2) is 6.83. The smallest absolute Gasteiger partial charge is 0.333 e. The van der Waals surface area contributed by atoms with Crippen LogP contribution in [0.5, 0.6) is 0 Å². The second-order valence-corrected chi connectivity index (χ2v) is 4.39. The van der Waals surface area contributed by atoms with Crippen molar-refractivity contribution in [3.05, 3.63) is 65.7 Å². The fraction of sp³-hybridized carbons (Fsp3) is 0.188. The summed E-state index contributed by atoms with van der Waals surface area (Å²) < 4.78 is 31.5. The Kier molecular flexibility index (Phi) is 4.87. The summed E-state index contributed by atoms with van der Waals surface area (Å²) in [7, 11) is 0. The fourth-order valence-electron chi connectivity index (χ4n) is 1.94. The molecule has 110 valence electrons. The summed E-state index contributed by atoms with van der Waals surface area (Å²) >= 11 is 0. The maximum absolute atomic E-state index is 13.3. The lowest BCUT2D eigenvalue weighted by Gasteiger charge is -2.19. The maximum Gasteiger partial charge on any atom is 0.333 e. The zero-order valence-electron chi connectivity index (χ0n) is 11.5. The monoisotopic (exact) mass is 291 g/mol. The van der Waals surface area contributed by atoms with Crippen LogP contribution < -0.4 is 5.32 Å². The molecule has 0 bridgehead atoms. The summed E-state index contributed by atoms with van der Waals surface area (Å²) in [5.74, 6) is -1.43. The summed E-state index contributed by atoms with van der Waals surface area (Å²) in [6, 6.07) is 10.4. The summed E-state index contributed by atoms with van der Waals surface area (Å²) in [6.45, 7) is 1.89. The molecule has 0 radical (unpaired) electrons. The molecule has 0 aromatic heterocycles. The van der Waals surface area contributed by atoms with Gasteiger partial charge in [0.15, 0.2) is 6.04 Å². The molecule has 0 aliphatic rings. The van der Waals surface area contributed by atoms with E-state index in [1.54, 1.807) is 19.1 Å². The molecule has 3 nitrogen and oxygen atoms in total. The van der Waals surface area contributed by atoms with Gasteiger partial charge in [0.1, 0.15) is 11.6 Å². The van der Waals surface area contributed by atoms with Crippen molar-refractivity contribution in [1.29, 1.82) is 0 Å². The van der Waals surface area contributed by atoms with Gasteiger partial charge in [0.05, 0.1) is 6.61 Å². The predicted octanol–water partition coefficient (Wildman–Crippen LogP) is 3.68. The predicted molar refractivity (Wildman–Crippen MR) is 75.8 cm³/mol. The van der Waals surface area contributed by atoms with E-state index in [0.29, 0.717) is 11.3 Å². The highest BCUT2D eigenvalue weighted by Gasteiger charge is 2.22. The third kappa shape index (κ3) is 4.02. The molecule has 0 saturated heterocycles. The van der Waals surface area contributed by atoms with Crippen LogP contribution in [0.2, 0.25) is 0 Å². The van der Waals surface area contributed by atoms with E-state index in [1.807, 2.05) is 0 Å². The minimum atomic E-state index is -0.901. The largest absolute Gasteiger partial charge is 0.464 e. The molecule has 2 aromatic rings. The Morgan fingerprint density at radius 3 is 2.43 bits per heavy atom. The van der Waals surface area contributed by atoms with Gasteiger partial charge >= 0.3 is 5.97 Å². The third-order valence-corrected chi connectivity index (χ3v) is 2.84. The van der Waals surface area contributed by atoms with Crippen molar-refractivity contribution in [3.8, 4) is 0 Å². The molecule has 1 atom stereocenters. The number of esters is 1. The van der Waals surface area contributed by atoms with E-state index in [0.717, 1.165) is 0 Å². The van der Waals surface area contributed by atoms with Crippen LogP contribution in [0.4, 0.5) is 14.5 Å². The minimum absolute atomic E-state index is 0.204. The number of carbonyl (C=O) groups excluding carboxylic acids is 1. The average Bonchev–Trinajstić information content (AvgIpc) is 2.45. The van der Waals surface area contributed by atoms with Crippen molar-refractivity contribution in [2.24, 2.45) is 0 Å². The van der Waals surface area contributed by atoms with Crippen LogP contribution in [-0.4, -0.2) is 12.6 Å². The average molecular weight is 291 g/mol. The van der Waals surface area contributed by atoms with Gasteiger partial charge in [0, 0.05) is 5.69 Å². The highest BCUT2D eigenvalue weighted by Crippen LogP contribution is 2.22. The SMILES string of the molecule is CCOC(=O)C(Nc1cccc(F)c1)c1cccc(F)c1. The first-order valence-corrected chi connectivity index (χ1v) is 6.54. The van der Waals surface area contributed by atoms with Gasteiger partial charge in [0.2, 0.25) is 0 Å². The van der Waals surface area contributed by atoms with E-state index in [-0.39, 0.29) is 6.61 Å². The Hall–Kier alpha value is -2.43. The Labute approximate surface area is 121 Å². The molecule has 0 heterocycles. The van der Waals surface area contributed by atoms with Gasteiger partial charge in [-0.1, -0.05) is 18.2 Å². The number of benzene rings is 2. The standard InChI is InChI=1S/C16H15F2NO2/c1-2-21-16(20)15(11-5-3-6-12(17)9-11)19-14-8-4-7-13(18)10-14/h3-10,15,19H,2H2,1H3. The maximum atomic E-state index is 13.3. The first-order valence-electron chi connectivity index (χ1n) is 6.54. The van der Waals surface area contributed by atoms with E-state index in [1.165, 1.54) is 36.4 Å². The second-order valence-electron chi connectivity index (χ2n) is 4.39. The molecule has 0 amide bonds. The summed E-state index contributed by atoms with van der Waals surface area (Å²) in [5, 5.41) is 2.87. The van der Waals surface area contributed by atoms with Crippen LogP contribution >= 0.6 is 0 Å². The van der Waals surface area contributed by atoms with E-state index < -0.39 is 23.6 Å². The number of hydrogen-bond donors (Lipinski definition) is 1. The van der Waals surface area contributed by atoms with Gasteiger partial charge in [0.25, 0.3) is 0 Å². The lowest BCUT2D eigenvalue weighted by atomic mass is 10.1. The van der Waals surface area contributed by atoms with Crippen LogP contribution in [0, 0.1) is 11.6 Å². The molecule has 0 spiro atoms. The first kappa shape index (κ1) is 15.0. The molecule has 0 aliphatic heterocycles. The van der Waals surface area contributed by atoms with Gasteiger partial charge in [-0.2, -0.15) is 0 Å². The van der Waals surface area contributed by atoms with Crippen LogP contribution in [0.15, 0.2) is 48.5 Å². The molecule has 0 saturated carbocycles. The van der Waals surface area contributed by atoms with Gasteiger partial charge in [-0.15, -0.1) is 0 Å². The Bertz CT molecular complexity index is 631. The van der Waals surface area contributed by atoms with E-state index in [4.69, 9.17) is 4.74 Å². The number of hydrogen-bond acceptors (Lipinski definition) is 3. The van der Waals surface area contributed by atoms with Gasteiger partial charge < -0.3 is 10.1 Å². The molecule has 1 unspecified atom stereocenters. The van der Waals surface area contributed by atoms with Crippen LogP contribution in [0.1, 0.15) is 18.5 Å². The molecular weight excluding hydrogens is 276 g/mol. The van der Waals surface area contributed by atoms with E-state index >= 15 is 0 Å². The van der Waals surface area contributed by atoms with Crippen LogP contribution in [0.25, 0.3) is 0 Å². The Morgan fingerprint density at radius 2 is 1.81 bits per heavy atom. The number of ether oxygens (including phenoxy) is 1. The number of halogens is 2. The summed E-state index contributed by atoms with van der Waals surface area (Å²) in [4.78, 5) is 12.0. The molecule has 1 N–H and O–H groups in total. The molecule has 0 aliphatic carbocycles. The molecule has 21 heavy (non-hydrogen) atoms. The van der Waals surface area contributed by atoms with Crippen molar-refractivity contribution < 1.29 is 18.3 Å². The third-order valence-electron chi connectivity index (χ3n) is 2.84. The summed E-state index contributed by atoms with van der Waals surface area (Å²) in [5.41, 5.74) is 0.829. The summed E-state index contributed by atoms with van der Waals surface area (Å²) in [6.07, 6.45) is 0. The van der Waals surface area contributed by atoms with Crippen molar-refractivity contribution in [2.75, 3.05) is 11.9 Å². The van der Waals surface area contributed by atoms with Crippen LogP contribution in [0.3, 0.4) is 0 Å². The highest BCUT2D eigenvalue weighted by atomic mass is 19.1.